The van der Waals surface area contributed by atoms with Crippen molar-refractivity contribution in [1.29, 1.82) is 0 Å². The first-order chi connectivity index (χ1) is 13.7. The van der Waals surface area contributed by atoms with Crippen LogP contribution in [-0.2, 0) is 17.1 Å². The van der Waals surface area contributed by atoms with Crippen LogP contribution in [0.15, 0.2) is 23.2 Å². The van der Waals surface area contributed by atoms with Crippen LogP contribution in [-0.4, -0.2) is 31.5 Å². The van der Waals surface area contributed by atoms with Crippen molar-refractivity contribution in [3.63, 3.8) is 0 Å². The molecule has 29 heavy (non-hydrogen) atoms. The molecule has 2 atom stereocenters. The SMILES string of the molecule is Cn1cc2c(c1C(=O)Nc1cc(F)c(F)c(F)c1)OC[C@H]1CCC[C@H]1NS2(=O)=O. The average Bonchev–Trinajstić information content (AvgIpc) is 3.20. The molecule has 1 saturated carbocycles. The average molecular weight is 429 g/mol. The van der Waals surface area contributed by atoms with E-state index in [2.05, 4.69) is 10.0 Å². The summed E-state index contributed by atoms with van der Waals surface area (Å²) in [5.41, 5.74) is -0.448. The fourth-order valence-electron chi connectivity index (χ4n) is 3.83. The van der Waals surface area contributed by atoms with Crippen LogP contribution in [0.4, 0.5) is 18.9 Å². The molecule has 0 spiro atoms. The number of nitrogens with zero attached hydrogens (tertiary/aromatic N) is 1. The zero-order valence-electron chi connectivity index (χ0n) is 15.3. The summed E-state index contributed by atoms with van der Waals surface area (Å²) in [6.45, 7) is 0.226. The quantitative estimate of drug-likeness (QED) is 0.718. The third kappa shape index (κ3) is 3.48. The summed E-state index contributed by atoms with van der Waals surface area (Å²) in [6, 6.07) is 1.03. The van der Waals surface area contributed by atoms with E-state index in [1.54, 1.807) is 0 Å². The molecule has 1 fully saturated rings. The molecule has 1 aromatic carbocycles. The van der Waals surface area contributed by atoms with Gasteiger partial charge < -0.3 is 14.6 Å². The van der Waals surface area contributed by atoms with Gasteiger partial charge in [-0.05, 0) is 12.8 Å². The van der Waals surface area contributed by atoms with Gasteiger partial charge >= 0.3 is 0 Å². The van der Waals surface area contributed by atoms with E-state index >= 15 is 0 Å². The molecule has 2 aliphatic rings. The number of hydrogen-bond donors (Lipinski definition) is 2. The van der Waals surface area contributed by atoms with Crippen LogP contribution in [0, 0.1) is 23.4 Å². The van der Waals surface area contributed by atoms with E-state index in [0.29, 0.717) is 18.6 Å². The first kappa shape index (κ1) is 19.8. The number of nitrogens with one attached hydrogen (secondary N) is 2. The van der Waals surface area contributed by atoms with E-state index in [1.165, 1.54) is 17.8 Å². The second-order valence-corrected chi connectivity index (χ2v) is 8.90. The minimum atomic E-state index is -3.93. The van der Waals surface area contributed by atoms with Crippen LogP contribution in [0.3, 0.4) is 0 Å². The zero-order chi connectivity index (χ0) is 20.9. The fourth-order valence-corrected chi connectivity index (χ4v) is 5.37. The highest BCUT2D eigenvalue weighted by molar-refractivity contribution is 7.89. The van der Waals surface area contributed by atoms with Gasteiger partial charge in [-0.3, -0.25) is 4.79 Å². The Kier molecular flexibility index (Phi) is 4.82. The standard InChI is InChI=1S/C18H18F3N3O4S/c1-24-7-14-17(28-8-9-3-2-4-13(9)23-29(14,26)27)16(24)18(25)22-10-5-11(19)15(21)12(20)6-10/h5-7,9,13,23H,2-4,8H2,1H3,(H,22,25)/t9-,13-/m1/s1. The normalized spacial score (nSPS) is 22.8. The molecule has 0 radical (unpaired) electrons. The number of halogens is 3. The van der Waals surface area contributed by atoms with E-state index in [9.17, 15) is 26.4 Å². The summed E-state index contributed by atoms with van der Waals surface area (Å²) in [6.07, 6.45) is 3.62. The molecule has 0 bridgehead atoms. The molecule has 2 N–H and O–H groups in total. The smallest absolute Gasteiger partial charge is 0.276 e. The number of aromatic nitrogens is 1. The van der Waals surface area contributed by atoms with Crippen molar-refractivity contribution in [3.05, 3.63) is 41.5 Å². The number of rotatable bonds is 2. The fraction of sp³-hybridized carbons (Fsp3) is 0.389. The summed E-state index contributed by atoms with van der Waals surface area (Å²) in [7, 11) is -2.48. The topological polar surface area (TPSA) is 89.4 Å². The second-order valence-electron chi connectivity index (χ2n) is 7.22. The van der Waals surface area contributed by atoms with Gasteiger partial charge in [-0.1, -0.05) is 6.42 Å². The van der Waals surface area contributed by atoms with Gasteiger partial charge in [0, 0.05) is 43.0 Å². The van der Waals surface area contributed by atoms with E-state index < -0.39 is 33.4 Å². The molecule has 1 aromatic heterocycles. The third-order valence-corrected chi connectivity index (χ3v) is 6.74. The Labute approximate surface area is 164 Å². The van der Waals surface area contributed by atoms with Crippen molar-refractivity contribution in [1.82, 2.24) is 9.29 Å². The van der Waals surface area contributed by atoms with Crippen molar-refractivity contribution in [3.8, 4) is 5.75 Å². The lowest BCUT2D eigenvalue weighted by atomic mass is 10.1. The molecule has 1 aliphatic carbocycles. The van der Waals surface area contributed by atoms with E-state index in [0.717, 1.165) is 12.8 Å². The van der Waals surface area contributed by atoms with Crippen molar-refractivity contribution in [2.24, 2.45) is 13.0 Å². The van der Waals surface area contributed by atoms with E-state index in [-0.39, 0.29) is 40.6 Å². The lowest BCUT2D eigenvalue weighted by molar-refractivity contribution is 0.101. The van der Waals surface area contributed by atoms with Crippen LogP contribution in [0.2, 0.25) is 0 Å². The minimum Gasteiger partial charge on any atom is -0.489 e. The van der Waals surface area contributed by atoms with Gasteiger partial charge in [-0.25, -0.2) is 26.3 Å². The number of anilines is 1. The van der Waals surface area contributed by atoms with Crippen molar-refractivity contribution in [2.45, 2.75) is 30.2 Å². The van der Waals surface area contributed by atoms with Crippen LogP contribution in [0.5, 0.6) is 5.75 Å². The van der Waals surface area contributed by atoms with Gasteiger partial charge in [0.2, 0.25) is 10.0 Å². The highest BCUT2D eigenvalue weighted by Crippen LogP contribution is 2.36. The van der Waals surface area contributed by atoms with Crippen molar-refractivity contribution in [2.75, 3.05) is 11.9 Å². The van der Waals surface area contributed by atoms with Crippen molar-refractivity contribution >= 4 is 21.6 Å². The monoisotopic (exact) mass is 429 g/mol. The second kappa shape index (κ2) is 7.06. The molecule has 1 amide bonds. The lowest BCUT2D eigenvalue weighted by Gasteiger charge is -2.24. The highest BCUT2D eigenvalue weighted by Gasteiger charge is 2.38. The molecule has 2 heterocycles. The summed E-state index contributed by atoms with van der Waals surface area (Å²) in [5, 5.41) is 2.25. The number of aryl methyl sites for hydroxylation is 1. The number of amides is 1. The number of carbonyl (C=O) groups is 1. The Balaban J connectivity index is 1.71. The molecular formula is C18H18F3N3O4S. The van der Waals surface area contributed by atoms with Gasteiger partial charge in [-0.2, -0.15) is 0 Å². The Morgan fingerprint density at radius 3 is 2.62 bits per heavy atom. The number of sulfonamides is 1. The van der Waals surface area contributed by atoms with Crippen LogP contribution < -0.4 is 14.8 Å². The Hall–Kier alpha value is -2.53. The van der Waals surface area contributed by atoms with Gasteiger partial charge in [0.05, 0.1) is 6.61 Å². The minimum absolute atomic E-state index is 0.0191. The molecule has 7 nitrogen and oxygen atoms in total. The van der Waals surface area contributed by atoms with Gasteiger partial charge in [0.25, 0.3) is 5.91 Å². The molecular weight excluding hydrogens is 411 g/mol. The first-order valence-corrected chi connectivity index (χ1v) is 10.5. The van der Waals surface area contributed by atoms with Gasteiger partial charge in [0.15, 0.2) is 28.9 Å². The lowest BCUT2D eigenvalue weighted by Crippen LogP contribution is -2.41. The number of ether oxygens (including phenoxy) is 1. The van der Waals surface area contributed by atoms with E-state index in [1.807, 2.05) is 0 Å². The molecule has 156 valence electrons. The van der Waals surface area contributed by atoms with Gasteiger partial charge in [-0.15, -0.1) is 0 Å². The van der Waals surface area contributed by atoms with Crippen molar-refractivity contribution < 1.29 is 31.1 Å². The van der Waals surface area contributed by atoms with Crippen LogP contribution in [0.1, 0.15) is 29.8 Å². The first-order valence-electron chi connectivity index (χ1n) is 8.97. The maximum absolute atomic E-state index is 13.4. The maximum Gasteiger partial charge on any atom is 0.276 e. The molecule has 0 unspecified atom stereocenters. The number of carbonyl (C=O) groups excluding carboxylic acids is 1. The third-order valence-electron chi connectivity index (χ3n) is 5.26. The predicted molar refractivity (Wildman–Crippen MR) is 96.6 cm³/mol. The predicted octanol–water partition coefficient (Wildman–Crippen LogP) is 2.53. The Morgan fingerprint density at radius 2 is 1.93 bits per heavy atom. The zero-order valence-corrected chi connectivity index (χ0v) is 16.2. The highest BCUT2D eigenvalue weighted by atomic mass is 32.2. The summed E-state index contributed by atoms with van der Waals surface area (Å²) in [5.74, 6) is -5.58. The van der Waals surface area contributed by atoms with E-state index in [4.69, 9.17) is 4.74 Å². The molecule has 0 saturated heterocycles. The summed E-state index contributed by atoms with van der Waals surface area (Å²) in [4.78, 5) is 12.6. The number of benzene rings is 1. The molecule has 2 aromatic rings. The summed E-state index contributed by atoms with van der Waals surface area (Å²) < 4.78 is 75.2. The molecule has 4 rings (SSSR count). The van der Waals surface area contributed by atoms with Crippen LogP contribution >= 0.6 is 0 Å². The number of hydrogen-bond acceptors (Lipinski definition) is 4. The number of fused-ring (bicyclic) bond motifs is 2. The molecule has 1 aliphatic heterocycles. The Morgan fingerprint density at radius 1 is 1.24 bits per heavy atom. The van der Waals surface area contributed by atoms with Crippen LogP contribution in [0.25, 0.3) is 0 Å². The largest absolute Gasteiger partial charge is 0.489 e. The summed E-state index contributed by atoms with van der Waals surface area (Å²) >= 11 is 0. The molecule has 11 heteroatoms. The Bertz CT molecular complexity index is 1080. The van der Waals surface area contributed by atoms with Gasteiger partial charge in [0.1, 0.15) is 4.90 Å². The maximum atomic E-state index is 13.4.